The predicted molar refractivity (Wildman–Crippen MR) is 112 cm³/mol. The van der Waals surface area contributed by atoms with Crippen LogP contribution in [0.25, 0.3) is 11.3 Å². The van der Waals surface area contributed by atoms with E-state index >= 15 is 0 Å². The summed E-state index contributed by atoms with van der Waals surface area (Å²) in [5.41, 5.74) is -0.244. The van der Waals surface area contributed by atoms with Crippen LogP contribution in [0.15, 0.2) is 72.6 Å². The molecule has 31 heavy (non-hydrogen) atoms. The number of alkyl halides is 3. The van der Waals surface area contributed by atoms with Crippen LogP contribution in [0.3, 0.4) is 0 Å². The Morgan fingerprint density at radius 1 is 1.10 bits per heavy atom. The summed E-state index contributed by atoms with van der Waals surface area (Å²) in [6, 6.07) is 13.6. The first kappa shape index (κ1) is 22.2. The van der Waals surface area contributed by atoms with Gasteiger partial charge in [-0.05, 0) is 12.1 Å². The normalized spacial score (nSPS) is 11.1. The van der Waals surface area contributed by atoms with Crippen molar-refractivity contribution >= 4 is 28.3 Å². The molecule has 1 aromatic heterocycles. The minimum atomic E-state index is -4.72. The Bertz CT molecular complexity index is 1080. The summed E-state index contributed by atoms with van der Waals surface area (Å²) < 4.78 is 44.2. The number of anilines is 1. The van der Waals surface area contributed by atoms with Gasteiger partial charge in [-0.2, -0.15) is 13.2 Å². The van der Waals surface area contributed by atoms with Gasteiger partial charge in [-0.1, -0.05) is 48.5 Å². The van der Waals surface area contributed by atoms with Crippen LogP contribution >= 0.6 is 11.3 Å². The zero-order chi connectivity index (χ0) is 22.4. The van der Waals surface area contributed by atoms with Crippen molar-refractivity contribution in [2.24, 2.45) is 0 Å². The fourth-order valence-electron chi connectivity index (χ4n) is 2.74. The van der Waals surface area contributed by atoms with Crippen LogP contribution in [0.4, 0.5) is 18.3 Å². The molecule has 0 unspecified atom stereocenters. The van der Waals surface area contributed by atoms with Gasteiger partial charge < -0.3 is 4.74 Å². The molecule has 0 fully saturated rings. The fraction of sp³-hybridized carbons (Fsp3) is 0.136. The van der Waals surface area contributed by atoms with Crippen molar-refractivity contribution in [2.75, 3.05) is 18.1 Å². The Kier molecular flexibility index (Phi) is 6.86. The van der Waals surface area contributed by atoms with Gasteiger partial charge in [0.05, 0.1) is 16.8 Å². The van der Waals surface area contributed by atoms with Gasteiger partial charge >= 0.3 is 12.1 Å². The summed E-state index contributed by atoms with van der Waals surface area (Å²) in [6.07, 6.45) is -3.24. The van der Waals surface area contributed by atoms with Crippen molar-refractivity contribution in [2.45, 2.75) is 6.18 Å². The van der Waals surface area contributed by atoms with E-state index in [2.05, 4.69) is 11.6 Å². The smallest absolute Gasteiger partial charge is 0.417 e. The van der Waals surface area contributed by atoms with Crippen LogP contribution < -0.4 is 4.90 Å². The van der Waals surface area contributed by atoms with E-state index in [1.165, 1.54) is 34.4 Å². The van der Waals surface area contributed by atoms with Gasteiger partial charge in [0.2, 0.25) is 0 Å². The number of carbonyl (C=O) groups excluding carboxylic acids is 2. The molecule has 2 aromatic carbocycles. The van der Waals surface area contributed by atoms with E-state index in [1.54, 1.807) is 5.38 Å². The summed E-state index contributed by atoms with van der Waals surface area (Å²) in [5.74, 6) is -1.87. The summed E-state index contributed by atoms with van der Waals surface area (Å²) >= 11 is 1.21. The van der Waals surface area contributed by atoms with E-state index in [9.17, 15) is 22.8 Å². The third-order valence-corrected chi connectivity index (χ3v) is 5.05. The number of hydrogen-bond acceptors (Lipinski definition) is 5. The Balaban J connectivity index is 1.73. The first-order chi connectivity index (χ1) is 14.8. The van der Waals surface area contributed by atoms with E-state index in [1.807, 2.05) is 30.3 Å². The number of rotatable bonds is 7. The zero-order valence-corrected chi connectivity index (χ0v) is 16.9. The standard InChI is InChI=1S/C22H17F3N2O3S/c1-2-12-27(21-26-18(14-31-21)15-8-4-3-5-9-15)19(28)13-30-20(29)16-10-6-7-11-17(16)22(23,24)25/h2-11,14H,1,12-13H2. The van der Waals surface area contributed by atoms with Gasteiger partial charge in [0.15, 0.2) is 11.7 Å². The second kappa shape index (κ2) is 9.57. The molecule has 0 aliphatic rings. The number of esters is 1. The van der Waals surface area contributed by atoms with E-state index < -0.39 is 35.8 Å². The van der Waals surface area contributed by atoms with Crippen LogP contribution in [0, 0.1) is 0 Å². The lowest BCUT2D eigenvalue weighted by molar-refractivity contribution is -0.138. The molecule has 160 valence electrons. The topological polar surface area (TPSA) is 59.5 Å². The highest BCUT2D eigenvalue weighted by Gasteiger charge is 2.35. The predicted octanol–water partition coefficient (Wildman–Crippen LogP) is 5.20. The SMILES string of the molecule is C=CCN(C(=O)COC(=O)c1ccccc1C(F)(F)F)c1nc(-c2ccccc2)cs1. The van der Waals surface area contributed by atoms with Crippen LogP contribution in [-0.4, -0.2) is 30.0 Å². The van der Waals surface area contributed by atoms with Crippen LogP contribution in [0.5, 0.6) is 0 Å². The molecule has 9 heteroatoms. The fourth-order valence-corrected chi connectivity index (χ4v) is 3.60. The average molecular weight is 446 g/mol. The molecule has 1 amide bonds. The van der Waals surface area contributed by atoms with Crippen LogP contribution in [0.2, 0.25) is 0 Å². The minimum Gasteiger partial charge on any atom is -0.452 e. The first-order valence-electron chi connectivity index (χ1n) is 9.07. The second-order valence-electron chi connectivity index (χ2n) is 6.29. The van der Waals surface area contributed by atoms with Gasteiger partial charge in [-0.25, -0.2) is 9.78 Å². The molecule has 0 bridgehead atoms. The Hall–Kier alpha value is -3.46. The molecule has 0 aliphatic carbocycles. The molecule has 0 radical (unpaired) electrons. The monoisotopic (exact) mass is 446 g/mol. The average Bonchev–Trinajstić information content (AvgIpc) is 3.25. The quantitative estimate of drug-likeness (QED) is 0.370. The first-order valence-corrected chi connectivity index (χ1v) is 9.94. The minimum absolute atomic E-state index is 0.0945. The van der Waals surface area contributed by atoms with Crippen molar-refractivity contribution in [1.29, 1.82) is 0 Å². The molecule has 1 heterocycles. The lowest BCUT2D eigenvalue weighted by Crippen LogP contribution is -2.35. The summed E-state index contributed by atoms with van der Waals surface area (Å²) in [4.78, 5) is 30.5. The largest absolute Gasteiger partial charge is 0.452 e. The molecule has 0 aliphatic heterocycles. The maximum atomic E-state index is 13.1. The lowest BCUT2D eigenvalue weighted by atomic mass is 10.1. The molecule has 0 saturated heterocycles. The van der Waals surface area contributed by atoms with Gasteiger partial charge in [-0.15, -0.1) is 17.9 Å². The Morgan fingerprint density at radius 3 is 2.45 bits per heavy atom. The maximum absolute atomic E-state index is 13.1. The highest BCUT2D eigenvalue weighted by atomic mass is 32.1. The highest BCUT2D eigenvalue weighted by molar-refractivity contribution is 7.14. The molecule has 3 aromatic rings. The van der Waals surface area contributed by atoms with Gasteiger partial charge in [-0.3, -0.25) is 9.69 Å². The molecular weight excluding hydrogens is 429 g/mol. The third kappa shape index (κ3) is 5.37. The molecule has 5 nitrogen and oxygen atoms in total. The molecule has 0 saturated carbocycles. The Labute approximate surface area is 180 Å². The number of aromatic nitrogens is 1. The summed E-state index contributed by atoms with van der Waals surface area (Å²) in [5, 5.41) is 2.13. The van der Waals surface area contributed by atoms with Gasteiger partial charge in [0, 0.05) is 17.5 Å². The molecule has 0 spiro atoms. The lowest BCUT2D eigenvalue weighted by Gasteiger charge is -2.18. The van der Waals surface area contributed by atoms with Crippen molar-refractivity contribution in [1.82, 2.24) is 4.98 Å². The van der Waals surface area contributed by atoms with E-state index in [0.29, 0.717) is 10.8 Å². The zero-order valence-electron chi connectivity index (χ0n) is 16.1. The van der Waals surface area contributed by atoms with Gasteiger partial charge in [0.1, 0.15) is 0 Å². The molecule has 0 N–H and O–H groups in total. The van der Waals surface area contributed by atoms with Crippen molar-refractivity contribution in [3.8, 4) is 11.3 Å². The maximum Gasteiger partial charge on any atom is 0.417 e. The molecular formula is C22H17F3N2O3S. The number of ether oxygens (including phenoxy) is 1. The van der Waals surface area contributed by atoms with Crippen molar-refractivity contribution < 1.29 is 27.5 Å². The molecule has 3 rings (SSSR count). The van der Waals surface area contributed by atoms with Crippen molar-refractivity contribution in [3.63, 3.8) is 0 Å². The van der Waals surface area contributed by atoms with Crippen LogP contribution in [0.1, 0.15) is 15.9 Å². The number of halogens is 3. The van der Waals surface area contributed by atoms with E-state index in [-0.39, 0.29) is 6.54 Å². The number of nitrogens with zero attached hydrogens (tertiary/aromatic N) is 2. The highest BCUT2D eigenvalue weighted by Crippen LogP contribution is 2.32. The second-order valence-corrected chi connectivity index (χ2v) is 7.13. The number of carbonyl (C=O) groups is 2. The van der Waals surface area contributed by atoms with E-state index in [4.69, 9.17) is 4.74 Å². The van der Waals surface area contributed by atoms with Crippen molar-refractivity contribution in [3.05, 3.63) is 83.8 Å². The number of amides is 1. The molecule has 0 atom stereocenters. The summed E-state index contributed by atoms with van der Waals surface area (Å²) in [6.45, 7) is 2.96. The van der Waals surface area contributed by atoms with E-state index in [0.717, 1.165) is 17.7 Å². The number of benzene rings is 2. The summed E-state index contributed by atoms with van der Waals surface area (Å²) in [7, 11) is 0. The number of hydrogen-bond donors (Lipinski definition) is 0. The Morgan fingerprint density at radius 2 is 1.77 bits per heavy atom. The third-order valence-electron chi connectivity index (χ3n) is 4.18. The van der Waals surface area contributed by atoms with Crippen LogP contribution in [-0.2, 0) is 15.7 Å². The number of thiazole rings is 1. The van der Waals surface area contributed by atoms with Gasteiger partial charge in [0.25, 0.3) is 5.91 Å².